The second-order valence-electron chi connectivity index (χ2n) is 3.91. The van der Waals surface area contributed by atoms with Crippen LogP contribution in [0.25, 0.3) is 0 Å². The average Bonchev–Trinajstić information content (AvgIpc) is 2.38. The number of likely N-dealkylation sites (N-methyl/N-ethyl adjacent to an activating group) is 1. The molecule has 5 heteroatoms. The lowest BCUT2D eigenvalue weighted by Gasteiger charge is -2.26. The summed E-state index contributed by atoms with van der Waals surface area (Å²) in [7, 11) is 3.59. The minimum Gasteiger partial charge on any atom is -0.359 e. The molecule has 0 aliphatic rings. The van der Waals surface area contributed by atoms with Crippen LogP contribution in [-0.2, 0) is 4.79 Å². The smallest absolute Gasteiger partial charge is 0.221 e. The minimum absolute atomic E-state index is 0.0358. The van der Waals surface area contributed by atoms with Crippen LogP contribution in [0.2, 0.25) is 0 Å². The van der Waals surface area contributed by atoms with Gasteiger partial charge in [0.05, 0.1) is 11.7 Å². The van der Waals surface area contributed by atoms with E-state index >= 15 is 0 Å². The number of aromatic nitrogens is 1. The monoisotopic (exact) mass is 236 g/mol. The number of pyridine rings is 1. The standard InChI is InChI=1S/C12H20N4O/c1-14-12(17)6-8-16(2)11(9-13)10-5-3-4-7-15-10/h3-5,7,11H,6,8-9,13H2,1-2H3,(H,14,17). The van der Waals surface area contributed by atoms with Gasteiger partial charge in [-0.1, -0.05) is 6.07 Å². The highest BCUT2D eigenvalue weighted by molar-refractivity contribution is 5.75. The van der Waals surface area contributed by atoms with Crippen molar-refractivity contribution >= 4 is 5.91 Å². The van der Waals surface area contributed by atoms with Crippen LogP contribution in [0.15, 0.2) is 24.4 Å². The van der Waals surface area contributed by atoms with Gasteiger partial charge in [0.1, 0.15) is 0 Å². The molecule has 0 fully saturated rings. The van der Waals surface area contributed by atoms with Gasteiger partial charge in [0.2, 0.25) is 5.91 Å². The molecule has 0 bridgehead atoms. The Hall–Kier alpha value is -1.46. The molecule has 1 unspecified atom stereocenters. The van der Waals surface area contributed by atoms with Crippen LogP contribution in [0.3, 0.4) is 0 Å². The minimum atomic E-state index is 0.0358. The second kappa shape index (κ2) is 6.98. The number of hydrogen-bond donors (Lipinski definition) is 2. The fourth-order valence-electron chi connectivity index (χ4n) is 1.66. The molecule has 0 spiro atoms. The van der Waals surface area contributed by atoms with Crippen LogP contribution >= 0.6 is 0 Å². The van der Waals surface area contributed by atoms with Crippen molar-refractivity contribution in [1.82, 2.24) is 15.2 Å². The Morgan fingerprint density at radius 1 is 1.59 bits per heavy atom. The summed E-state index contributed by atoms with van der Waals surface area (Å²) in [5.74, 6) is 0.0358. The maximum atomic E-state index is 11.2. The molecule has 1 rings (SSSR count). The van der Waals surface area contributed by atoms with Gasteiger partial charge in [-0.15, -0.1) is 0 Å². The third kappa shape index (κ3) is 4.13. The normalized spacial score (nSPS) is 12.5. The Labute approximate surface area is 102 Å². The van der Waals surface area contributed by atoms with E-state index in [1.807, 2.05) is 25.2 Å². The number of nitrogens with two attached hydrogens (primary N) is 1. The number of carbonyl (C=O) groups excluding carboxylic acids is 1. The molecule has 1 amide bonds. The number of nitrogens with one attached hydrogen (secondary N) is 1. The van der Waals surface area contributed by atoms with Gasteiger partial charge in [-0.3, -0.25) is 14.7 Å². The first-order chi connectivity index (χ1) is 8.19. The first kappa shape index (κ1) is 13.6. The molecule has 0 aliphatic heterocycles. The predicted molar refractivity (Wildman–Crippen MR) is 67.3 cm³/mol. The molecule has 0 saturated heterocycles. The zero-order chi connectivity index (χ0) is 12.7. The first-order valence-corrected chi connectivity index (χ1v) is 5.70. The first-order valence-electron chi connectivity index (χ1n) is 5.70. The van der Waals surface area contributed by atoms with E-state index in [-0.39, 0.29) is 11.9 Å². The fourth-order valence-corrected chi connectivity index (χ4v) is 1.66. The molecule has 94 valence electrons. The van der Waals surface area contributed by atoms with Crippen LogP contribution in [-0.4, -0.2) is 43.0 Å². The lowest BCUT2D eigenvalue weighted by Crippen LogP contribution is -2.34. The number of carbonyl (C=O) groups is 1. The molecule has 1 aromatic heterocycles. The van der Waals surface area contributed by atoms with Crippen molar-refractivity contribution in [3.8, 4) is 0 Å². The Bertz CT molecular complexity index is 342. The SMILES string of the molecule is CNC(=O)CCN(C)C(CN)c1ccccn1. The van der Waals surface area contributed by atoms with Crippen molar-refractivity contribution in [2.24, 2.45) is 5.73 Å². The zero-order valence-corrected chi connectivity index (χ0v) is 10.4. The molecule has 0 aliphatic carbocycles. The maximum Gasteiger partial charge on any atom is 0.221 e. The van der Waals surface area contributed by atoms with Crippen LogP contribution in [0.5, 0.6) is 0 Å². The van der Waals surface area contributed by atoms with Crippen LogP contribution in [0.4, 0.5) is 0 Å². The summed E-state index contributed by atoms with van der Waals surface area (Å²) in [4.78, 5) is 17.5. The van der Waals surface area contributed by atoms with E-state index in [0.717, 1.165) is 5.69 Å². The molecule has 0 aromatic carbocycles. The van der Waals surface area contributed by atoms with Crippen molar-refractivity contribution in [2.45, 2.75) is 12.5 Å². The topological polar surface area (TPSA) is 71.2 Å². The highest BCUT2D eigenvalue weighted by Gasteiger charge is 2.16. The zero-order valence-electron chi connectivity index (χ0n) is 10.4. The lowest BCUT2D eigenvalue weighted by molar-refractivity contribution is -0.121. The van der Waals surface area contributed by atoms with Crippen LogP contribution in [0.1, 0.15) is 18.2 Å². The largest absolute Gasteiger partial charge is 0.359 e. The number of nitrogens with zero attached hydrogens (tertiary/aromatic N) is 2. The van der Waals surface area contributed by atoms with Crippen molar-refractivity contribution in [1.29, 1.82) is 0 Å². The predicted octanol–water partition coefficient (Wildman–Crippen LogP) is 0.149. The van der Waals surface area contributed by atoms with Crippen molar-refractivity contribution in [2.75, 3.05) is 27.2 Å². The van der Waals surface area contributed by atoms with Gasteiger partial charge >= 0.3 is 0 Å². The van der Waals surface area contributed by atoms with Gasteiger partial charge in [-0.05, 0) is 19.2 Å². The van der Waals surface area contributed by atoms with E-state index in [1.54, 1.807) is 13.2 Å². The second-order valence-corrected chi connectivity index (χ2v) is 3.91. The molecular formula is C12H20N4O. The van der Waals surface area contributed by atoms with E-state index in [9.17, 15) is 4.79 Å². The van der Waals surface area contributed by atoms with Gasteiger partial charge in [0, 0.05) is 32.8 Å². The summed E-state index contributed by atoms with van der Waals surface area (Å²) in [5.41, 5.74) is 6.70. The fraction of sp³-hybridized carbons (Fsp3) is 0.500. The van der Waals surface area contributed by atoms with Gasteiger partial charge in [0.25, 0.3) is 0 Å². The van der Waals surface area contributed by atoms with Crippen LogP contribution in [0, 0.1) is 0 Å². The number of rotatable bonds is 6. The van der Waals surface area contributed by atoms with Crippen LogP contribution < -0.4 is 11.1 Å². The third-order valence-electron chi connectivity index (χ3n) is 2.75. The quantitative estimate of drug-likeness (QED) is 0.737. The van der Waals surface area contributed by atoms with E-state index in [2.05, 4.69) is 15.2 Å². The molecule has 1 heterocycles. The molecule has 5 nitrogen and oxygen atoms in total. The molecule has 1 atom stereocenters. The van der Waals surface area contributed by atoms with Gasteiger partial charge in [0.15, 0.2) is 0 Å². The lowest BCUT2D eigenvalue weighted by atomic mass is 10.1. The summed E-state index contributed by atoms with van der Waals surface area (Å²) >= 11 is 0. The van der Waals surface area contributed by atoms with E-state index in [4.69, 9.17) is 5.73 Å². The molecule has 0 radical (unpaired) electrons. The van der Waals surface area contributed by atoms with Gasteiger partial charge in [-0.2, -0.15) is 0 Å². The Balaban J connectivity index is 2.59. The Kier molecular flexibility index (Phi) is 5.59. The molecular weight excluding hydrogens is 216 g/mol. The Morgan fingerprint density at radius 2 is 2.35 bits per heavy atom. The summed E-state index contributed by atoms with van der Waals surface area (Å²) < 4.78 is 0. The Morgan fingerprint density at radius 3 is 2.88 bits per heavy atom. The summed E-state index contributed by atoms with van der Waals surface area (Å²) in [5, 5.41) is 2.60. The van der Waals surface area contributed by atoms with E-state index in [1.165, 1.54) is 0 Å². The summed E-state index contributed by atoms with van der Waals surface area (Å²) in [6.07, 6.45) is 2.22. The van der Waals surface area contributed by atoms with Crippen molar-refractivity contribution in [3.05, 3.63) is 30.1 Å². The molecule has 17 heavy (non-hydrogen) atoms. The highest BCUT2D eigenvalue weighted by atomic mass is 16.1. The third-order valence-corrected chi connectivity index (χ3v) is 2.75. The average molecular weight is 236 g/mol. The number of amides is 1. The summed E-state index contributed by atoms with van der Waals surface area (Å²) in [6.45, 7) is 1.15. The molecule has 0 saturated carbocycles. The maximum absolute atomic E-state index is 11.2. The van der Waals surface area contributed by atoms with Crippen molar-refractivity contribution in [3.63, 3.8) is 0 Å². The van der Waals surface area contributed by atoms with Gasteiger partial charge < -0.3 is 11.1 Å². The van der Waals surface area contributed by atoms with Gasteiger partial charge in [-0.25, -0.2) is 0 Å². The van der Waals surface area contributed by atoms with E-state index < -0.39 is 0 Å². The molecule has 1 aromatic rings. The highest BCUT2D eigenvalue weighted by Crippen LogP contribution is 2.15. The number of hydrogen-bond acceptors (Lipinski definition) is 4. The van der Waals surface area contributed by atoms with E-state index in [0.29, 0.717) is 19.5 Å². The summed E-state index contributed by atoms with van der Waals surface area (Å²) in [6, 6.07) is 5.83. The molecule has 3 N–H and O–H groups in total. The van der Waals surface area contributed by atoms with Crippen molar-refractivity contribution < 1.29 is 4.79 Å².